The van der Waals surface area contributed by atoms with Crippen molar-refractivity contribution in [3.05, 3.63) is 76.8 Å². The van der Waals surface area contributed by atoms with Gasteiger partial charge in [-0.15, -0.1) is 0 Å². The zero-order valence-electron chi connectivity index (χ0n) is 19.8. The number of phenols is 1. The van der Waals surface area contributed by atoms with Crippen LogP contribution < -0.4 is 25.4 Å². The largest absolute Gasteiger partial charge is 0.508 e. The lowest BCUT2D eigenvalue weighted by Gasteiger charge is -2.29. The van der Waals surface area contributed by atoms with Gasteiger partial charge in [0.1, 0.15) is 22.8 Å². The van der Waals surface area contributed by atoms with Crippen molar-refractivity contribution in [3.63, 3.8) is 0 Å². The molecule has 0 aromatic heterocycles. The lowest BCUT2D eigenvalue weighted by Crippen LogP contribution is -2.52. The summed E-state index contributed by atoms with van der Waals surface area (Å²) < 4.78 is 10.7. The first-order valence-electron chi connectivity index (χ1n) is 11.5. The minimum Gasteiger partial charge on any atom is -0.508 e. The molecule has 2 aliphatic rings. The van der Waals surface area contributed by atoms with Crippen LogP contribution >= 0.6 is 11.6 Å². The number of amides is 2. The fourth-order valence-electron chi connectivity index (χ4n) is 5.21. The summed E-state index contributed by atoms with van der Waals surface area (Å²) in [5, 5.41) is 19.5. The van der Waals surface area contributed by atoms with Gasteiger partial charge in [0.25, 0.3) is 0 Å². The number of fused-ring (bicyclic) bond motifs is 2. The molecule has 1 saturated heterocycles. The first-order chi connectivity index (χ1) is 17.3. The maximum absolute atomic E-state index is 13.8. The van der Waals surface area contributed by atoms with Gasteiger partial charge in [-0.1, -0.05) is 23.7 Å². The van der Waals surface area contributed by atoms with E-state index in [1.54, 1.807) is 55.6 Å². The van der Waals surface area contributed by atoms with Gasteiger partial charge in [0.2, 0.25) is 11.8 Å². The van der Waals surface area contributed by atoms with Crippen molar-refractivity contribution in [1.82, 2.24) is 5.32 Å². The summed E-state index contributed by atoms with van der Waals surface area (Å²) in [6.07, 6.45) is 0.968. The van der Waals surface area contributed by atoms with Crippen molar-refractivity contribution in [2.24, 2.45) is 5.92 Å². The normalized spacial score (nSPS) is 22.2. The second kappa shape index (κ2) is 9.37. The number of aromatic hydroxyl groups is 1. The molecule has 3 aromatic carbocycles. The molecule has 0 radical (unpaired) electrons. The first-order valence-corrected chi connectivity index (χ1v) is 11.9. The topological polar surface area (TPSA) is 109 Å². The molecule has 3 atom stereocenters. The molecule has 2 heterocycles. The van der Waals surface area contributed by atoms with Crippen LogP contribution in [0.15, 0.2) is 60.7 Å². The number of rotatable bonds is 6. The average Bonchev–Trinajstić information content (AvgIpc) is 3.38. The molecule has 1 fully saturated rings. The Labute approximate surface area is 213 Å². The number of methoxy groups -OCH3 is 2. The summed E-state index contributed by atoms with van der Waals surface area (Å²) in [5.41, 5.74) is 1.40. The van der Waals surface area contributed by atoms with Crippen LogP contribution in [0.25, 0.3) is 0 Å². The average molecular weight is 508 g/mol. The molecule has 2 aliphatic heterocycles. The highest BCUT2D eigenvalue weighted by molar-refractivity contribution is 6.31. The van der Waals surface area contributed by atoms with E-state index in [1.807, 2.05) is 12.1 Å². The van der Waals surface area contributed by atoms with Crippen molar-refractivity contribution >= 4 is 34.8 Å². The Morgan fingerprint density at radius 1 is 1.11 bits per heavy atom. The van der Waals surface area contributed by atoms with E-state index in [9.17, 15) is 14.7 Å². The Bertz CT molecular complexity index is 1330. The van der Waals surface area contributed by atoms with Gasteiger partial charge in [-0.2, -0.15) is 0 Å². The number of phenolic OH excluding ortho intramolecular Hbond substituents is 1. The lowest BCUT2D eigenvalue weighted by atomic mass is 9.79. The standard InChI is InChI=1S/C27H26ClN3O5/c1-35-19-8-10-24(36-2)23(14-19)29-25(33)21-13-17(11-15-3-6-18(32)7-4-15)31-27(21)20-12-16(28)5-9-22(20)30-26(27)34/h3-10,12,14,17,21,31-32H,11,13H2,1-2H3,(H,29,33)(H,30,34)/t17-,21+,27-/m1/s1. The van der Waals surface area contributed by atoms with E-state index in [1.165, 1.54) is 7.11 Å². The highest BCUT2D eigenvalue weighted by atomic mass is 35.5. The smallest absolute Gasteiger partial charge is 0.250 e. The maximum Gasteiger partial charge on any atom is 0.250 e. The Kier molecular flexibility index (Phi) is 6.24. The van der Waals surface area contributed by atoms with Gasteiger partial charge in [-0.3, -0.25) is 14.9 Å². The number of carbonyl (C=O) groups excluding carboxylic acids is 2. The van der Waals surface area contributed by atoms with Crippen molar-refractivity contribution in [2.75, 3.05) is 24.9 Å². The molecule has 0 unspecified atom stereocenters. The third-order valence-electron chi connectivity index (χ3n) is 6.89. The van der Waals surface area contributed by atoms with Crippen LogP contribution in [0.4, 0.5) is 11.4 Å². The lowest BCUT2D eigenvalue weighted by molar-refractivity contribution is -0.130. The Hall–Kier alpha value is -3.75. The number of halogens is 1. The molecule has 2 amide bonds. The van der Waals surface area contributed by atoms with Crippen LogP contribution in [0.1, 0.15) is 17.5 Å². The zero-order valence-corrected chi connectivity index (χ0v) is 20.6. The van der Waals surface area contributed by atoms with Gasteiger partial charge >= 0.3 is 0 Å². The van der Waals surface area contributed by atoms with E-state index >= 15 is 0 Å². The first kappa shape index (κ1) is 24.0. The third-order valence-corrected chi connectivity index (χ3v) is 7.12. The molecule has 0 bridgehead atoms. The second-order valence-corrected chi connectivity index (χ2v) is 9.44. The van der Waals surface area contributed by atoms with Crippen LogP contribution in [0.3, 0.4) is 0 Å². The molecule has 9 heteroatoms. The summed E-state index contributed by atoms with van der Waals surface area (Å²) in [5.74, 6) is -0.153. The quantitative estimate of drug-likeness (QED) is 0.400. The summed E-state index contributed by atoms with van der Waals surface area (Å²) >= 11 is 6.32. The molecule has 0 saturated carbocycles. The van der Waals surface area contributed by atoms with Crippen molar-refractivity contribution in [3.8, 4) is 17.2 Å². The molecule has 0 aliphatic carbocycles. The highest BCUT2D eigenvalue weighted by Gasteiger charge is 2.60. The van der Waals surface area contributed by atoms with Crippen molar-refractivity contribution < 1.29 is 24.2 Å². The molecule has 5 rings (SSSR count). The van der Waals surface area contributed by atoms with Crippen LogP contribution in [-0.4, -0.2) is 37.2 Å². The molecule has 8 nitrogen and oxygen atoms in total. The van der Waals surface area contributed by atoms with E-state index in [-0.39, 0.29) is 23.6 Å². The number of nitrogens with one attached hydrogen (secondary N) is 3. The summed E-state index contributed by atoms with van der Waals surface area (Å²) in [6.45, 7) is 0. The Morgan fingerprint density at radius 2 is 1.89 bits per heavy atom. The molecule has 4 N–H and O–H groups in total. The van der Waals surface area contributed by atoms with E-state index < -0.39 is 11.5 Å². The van der Waals surface area contributed by atoms with Gasteiger partial charge in [0.05, 0.1) is 25.8 Å². The zero-order chi connectivity index (χ0) is 25.4. The van der Waals surface area contributed by atoms with Crippen LogP contribution in [-0.2, 0) is 21.5 Å². The minimum atomic E-state index is -1.29. The fourth-order valence-corrected chi connectivity index (χ4v) is 5.39. The highest BCUT2D eigenvalue weighted by Crippen LogP contribution is 2.48. The number of benzene rings is 3. The monoisotopic (exact) mass is 507 g/mol. The van der Waals surface area contributed by atoms with E-state index in [0.717, 1.165) is 5.56 Å². The molecule has 36 heavy (non-hydrogen) atoms. The number of carbonyl (C=O) groups is 2. The van der Waals surface area contributed by atoms with E-state index in [4.69, 9.17) is 21.1 Å². The predicted octanol–water partition coefficient (Wildman–Crippen LogP) is 4.07. The molecule has 186 valence electrons. The van der Waals surface area contributed by atoms with Gasteiger partial charge in [-0.25, -0.2) is 0 Å². The summed E-state index contributed by atoms with van der Waals surface area (Å²) in [6, 6.07) is 17.0. The van der Waals surface area contributed by atoms with Crippen LogP contribution in [0.2, 0.25) is 5.02 Å². The second-order valence-electron chi connectivity index (χ2n) is 9.01. The maximum atomic E-state index is 13.8. The molecular formula is C27H26ClN3O5. The van der Waals surface area contributed by atoms with Crippen LogP contribution in [0, 0.1) is 5.92 Å². The van der Waals surface area contributed by atoms with Gasteiger partial charge in [0, 0.05) is 28.4 Å². The predicted molar refractivity (Wildman–Crippen MR) is 137 cm³/mol. The molecule has 3 aromatic rings. The Morgan fingerprint density at radius 3 is 2.61 bits per heavy atom. The van der Waals surface area contributed by atoms with Crippen LogP contribution in [0.5, 0.6) is 17.2 Å². The Balaban J connectivity index is 1.52. The van der Waals surface area contributed by atoms with Gasteiger partial charge in [0.15, 0.2) is 0 Å². The fraction of sp³-hybridized carbons (Fsp3) is 0.259. The summed E-state index contributed by atoms with van der Waals surface area (Å²) in [7, 11) is 3.06. The van der Waals surface area contributed by atoms with Gasteiger partial charge < -0.3 is 25.2 Å². The minimum absolute atomic E-state index is 0.179. The van der Waals surface area contributed by atoms with E-state index in [2.05, 4.69) is 16.0 Å². The molecule has 1 spiro atoms. The SMILES string of the molecule is COc1ccc(OC)c(NC(=O)[C@@H]2C[C@@H](Cc3ccc(O)cc3)N[C@@]23C(=O)Nc2ccc(Cl)cc23)c1. The number of hydrogen-bond acceptors (Lipinski definition) is 6. The van der Waals surface area contributed by atoms with Crippen molar-refractivity contribution in [2.45, 2.75) is 24.4 Å². The summed E-state index contributed by atoms with van der Waals surface area (Å²) in [4.78, 5) is 27.4. The number of ether oxygens (including phenoxy) is 2. The number of hydrogen-bond donors (Lipinski definition) is 4. The molecular weight excluding hydrogens is 482 g/mol. The van der Waals surface area contributed by atoms with E-state index in [0.29, 0.717) is 46.3 Å². The van der Waals surface area contributed by atoms with Gasteiger partial charge in [-0.05, 0) is 60.9 Å². The number of anilines is 2. The third kappa shape index (κ3) is 4.12. The van der Waals surface area contributed by atoms with Crippen molar-refractivity contribution in [1.29, 1.82) is 0 Å².